The number of halogens is 1. The Bertz CT molecular complexity index is 1030. The second kappa shape index (κ2) is 7.70. The van der Waals surface area contributed by atoms with Gasteiger partial charge in [0.05, 0.1) is 13.0 Å². The molecule has 0 saturated carbocycles. The quantitative estimate of drug-likeness (QED) is 0.712. The second-order valence-electron chi connectivity index (χ2n) is 6.51. The summed E-state index contributed by atoms with van der Waals surface area (Å²) in [6.07, 6.45) is 0.222. The van der Waals surface area contributed by atoms with Crippen molar-refractivity contribution >= 4 is 23.5 Å². The van der Waals surface area contributed by atoms with Crippen LogP contribution in [0.2, 0.25) is 0 Å². The van der Waals surface area contributed by atoms with Crippen LogP contribution in [0.15, 0.2) is 52.9 Å². The molecule has 1 aromatic heterocycles. The number of ether oxygens (including phenoxy) is 1. The van der Waals surface area contributed by atoms with Gasteiger partial charge in [0.1, 0.15) is 11.6 Å². The summed E-state index contributed by atoms with van der Waals surface area (Å²) in [5, 5.41) is 10.3. The minimum absolute atomic E-state index is 0.0599. The predicted octanol–water partition coefficient (Wildman–Crippen LogP) is 2.99. The van der Waals surface area contributed by atoms with Crippen molar-refractivity contribution in [2.75, 3.05) is 23.9 Å². The van der Waals surface area contributed by atoms with E-state index in [1.165, 1.54) is 24.3 Å². The van der Waals surface area contributed by atoms with E-state index in [1.54, 1.807) is 36.3 Å². The molecule has 0 bridgehead atoms. The van der Waals surface area contributed by atoms with Crippen molar-refractivity contribution in [2.24, 2.45) is 0 Å². The third kappa shape index (κ3) is 3.93. The van der Waals surface area contributed by atoms with E-state index in [1.807, 2.05) is 0 Å². The minimum atomic E-state index is -0.498. The van der Waals surface area contributed by atoms with Crippen molar-refractivity contribution in [2.45, 2.75) is 12.3 Å². The van der Waals surface area contributed by atoms with Crippen LogP contribution in [0.1, 0.15) is 28.6 Å². The number of carbonyl (C=O) groups excluding carboxylic acids is 2. The topological polar surface area (TPSA) is 97.6 Å². The monoisotopic (exact) mass is 396 g/mol. The van der Waals surface area contributed by atoms with Crippen LogP contribution in [0.25, 0.3) is 0 Å². The van der Waals surface area contributed by atoms with E-state index in [0.717, 1.165) is 5.69 Å². The highest BCUT2D eigenvalue weighted by Gasteiger charge is 2.35. The van der Waals surface area contributed by atoms with Gasteiger partial charge in [-0.25, -0.2) is 4.39 Å². The van der Waals surface area contributed by atoms with Crippen molar-refractivity contribution < 1.29 is 23.1 Å². The fourth-order valence-corrected chi connectivity index (χ4v) is 3.11. The second-order valence-corrected chi connectivity index (χ2v) is 6.51. The number of rotatable bonds is 5. The summed E-state index contributed by atoms with van der Waals surface area (Å²) >= 11 is 0. The fraction of sp³-hybridized carbons (Fsp3) is 0.200. The normalized spacial score (nSPS) is 16.1. The summed E-state index contributed by atoms with van der Waals surface area (Å²) < 4.78 is 23.6. The van der Waals surface area contributed by atoms with E-state index in [0.29, 0.717) is 12.3 Å². The molecule has 29 heavy (non-hydrogen) atoms. The lowest BCUT2D eigenvalue weighted by Crippen LogP contribution is -2.24. The molecule has 1 unspecified atom stereocenters. The number of hydrogen-bond acceptors (Lipinski definition) is 6. The molecule has 0 spiro atoms. The average molecular weight is 396 g/mol. The first kappa shape index (κ1) is 18.6. The van der Waals surface area contributed by atoms with Gasteiger partial charge in [-0.3, -0.25) is 14.9 Å². The van der Waals surface area contributed by atoms with Crippen molar-refractivity contribution in [1.29, 1.82) is 0 Å². The third-order valence-electron chi connectivity index (χ3n) is 4.63. The van der Waals surface area contributed by atoms with Gasteiger partial charge in [-0.15, -0.1) is 5.10 Å². The van der Waals surface area contributed by atoms with Crippen LogP contribution in [0, 0.1) is 5.82 Å². The maximum atomic E-state index is 13.0. The molecule has 1 N–H and O–H groups in total. The molecule has 2 aromatic carbocycles. The summed E-state index contributed by atoms with van der Waals surface area (Å²) in [5.41, 5.74) is 1.01. The van der Waals surface area contributed by atoms with Gasteiger partial charge in [0, 0.05) is 24.2 Å². The SMILES string of the molecule is COc1ccc(N2CC(c3nnc(NC(=O)c4ccc(F)cc4)o3)CC2=O)cc1. The Labute approximate surface area is 165 Å². The zero-order chi connectivity index (χ0) is 20.4. The van der Waals surface area contributed by atoms with E-state index >= 15 is 0 Å². The third-order valence-corrected chi connectivity index (χ3v) is 4.63. The van der Waals surface area contributed by atoms with Crippen LogP contribution in [0.5, 0.6) is 5.75 Å². The molecule has 4 rings (SSSR count). The van der Waals surface area contributed by atoms with Crippen LogP contribution in [-0.4, -0.2) is 35.7 Å². The van der Waals surface area contributed by atoms with Crippen molar-refractivity contribution in [3.05, 3.63) is 65.8 Å². The van der Waals surface area contributed by atoms with Crippen molar-refractivity contribution in [1.82, 2.24) is 10.2 Å². The molecular weight excluding hydrogens is 379 g/mol. The molecule has 1 fully saturated rings. The first-order valence-electron chi connectivity index (χ1n) is 8.88. The maximum absolute atomic E-state index is 13.0. The molecule has 148 valence electrons. The molecule has 2 heterocycles. The standard InChI is InChI=1S/C20H17FN4O4/c1-28-16-8-6-15(7-9-16)25-11-13(10-17(25)26)19-23-24-20(29-19)22-18(27)12-2-4-14(21)5-3-12/h2-9,13H,10-11H2,1H3,(H,22,24,27). The maximum Gasteiger partial charge on any atom is 0.322 e. The lowest BCUT2D eigenvalue weighted by molar-refractivity contribution is -0.117. The van der Waals surface area contributed by atoms with Crippen LogP contribution >= 0.6 is 0 Å². The zero-order valence-corrected chi connectivity index (χ0v) is 15.5. The molecule has 1 saturated heterocycles. The van der Waals surface area contributed by atoms with Gasteiger partial charge < -0.3 is 14.1 Å². The summed E-state index contributed by atoms with van der Waals surface area (Å²) in [6, 6.07) is 12.2. The number of carbonyl (C=O) groups is 2. The molecule has 1 aliphatic rings. The zero-order valence-electron chi connectivity index (χ0n) is 15.5. The Hall–Kier alpha value is -3.75. The molecule has 1 aliphatic heterocycles. The number of nitrogens with one attached hydrogen (secondary N) is 1. The highest BCUT2D eigenvalue weighted by atomic mass is 19.1. The largest absolute Gasteiger partial charge is 0.497 e. The van der Waals surface area contributed by atoms with Gasteiger partial charge in [0.25, 0.3) is 5.91 Å². The van der Waals surface area contributed by atoms with E-state index < -0.39 is 11.7 Å². The number of anilines is 2. The Kier molecular flexibility index (Phi) is 4.94. The smallest absolute Gasteiger partial charge is 0.322 e. The Morgan fingerprint density at radius 2 is 1.90 bits per heavy atom. The number of nitrogens with zero attached hydrogens (tertiary/aromatic N) is 3. The van der Waals surface area contributed by atoms with Crippen molar-refractivity contribution in [3.8, 4) is 5.75 Å². The number of amides is 2. The first-order valence-corrected chi connectivity index (χ1v) is 8.88. The predicted molar refractivity (Wildman–Crippen MR) is 101 cm³/mol. The van der Waals surface area contributed by atoms with Crippen LogP contribution < -0.4 is 15.0 Å². The van der Waals surface area contributed by atoms with E-state index in [9.17, 15) is 14.0 Å². The fourth-order valence-electron chi connectivity index (χ4n) is 3.11. The molecule has 1 atom stereocenters. The molecule has 8 nitrogen and oxygen atoms in total. The van der Waals surface area contributed by atoms with E-state index in [-0.39, 0.29) is 35.7 Å². The summed E-state index contributed by atoms with van der Waals surface area (Å²) in [6.45, 7) is 0.388. The molecule has 0 radical (unpaired) electrons. The first-order chi connectivity index (χ1) is 14.0. The molecular formula is C20H17FN4O4. The van der Waals surface area contributed by atoms with E-state index in [4.69, 9.17) is 9.15 Å². The van der Waals surface area contributed by atoms with Crippen LogP contribution in [0.3, 0.4) is 0 Å². The van der Waals surface area contributed by atoms with Gasteiger partial charge in [-0.05, 0) is 48.5 Å². The number of benzene rings is 2. The number of aromatic nitrogens is 2. The summed E-state index contributed by atoms with van der Waals surface area (Å²) in [7, 11) is 1.58. The average Bonchev–Trinajstić information content (AvgIpc) is 3.35. The van der Waals surface area contributed by atoms with Gasteiger partial charge in [-0.2, -0.15) is 0 Å². The van der Waals surface area contributed by atoms with E-state index in [2.05, 4.69) is 15.5 Å². The van der Waals surface area contributed by atoms with Crippen LogP contribution in [-0.2, 0) is 4.79 Å². The highest BCUT2D eigenvalue weighted by molar-refractivity contribution is 6.03. The van der Waals surface area contributed by atoms with Gasteiger partial charge in [0.2, 0.25) is 11.8 Å². The van der Waals surface area contributed by atoms with Gasteiger partial charge >= 0.3 is 6.01 Å². The lowest BCUT2D eigenvalue weighted by Gasteiger charge is -2.16. The molecule has 2 amide bonds. The van der Waals surface area contributed by atoms with Gasteiger partial charge in [0.15, 0.2) is 0 Å². The Morgan fingerprint density at radius 1 is 1.17 bits per heavy atom. The number of hydrogen-bond donors (Lipinski definition) is 1. The molecule has 3 aromatic rings. The summed E-state index contributed by atoms with van der Waals surface area (Å²) in [4.78, 5) is 26.2. The Balaban J connectivity index is 1.43. The lowest BCUT2D eigenvalue weighted by atomic mass is 10.1. The van der Waals surface area contributed by atoms with Crippen molar-refractivity contribution in [3.63, 3.8) is 0 Å². The highest BCUT2D eigenvalue weighted by Crippen LogP contribution is 2.32. The molecule has 9 heteroatoms. The van der Waals surface area contributed by atoms with Crippen LogP contribution in [0.4, 0.5) is 16.1 Å². The van der Waals surface area contributed by atoms with Gasteiger partial charge in [-0.1, -0.05) is 5.10 Å². The summed E-state index contributed by atoms with van der Waals surface area (Å²) in [5.74, 6) is -0.306. The minimum Gasteiger partial charge on any atom is -0.497 e. The number of methoxy groups -OCH3 is 1. The molecule has 0 aliphatic carbocycles. The Morgan fingerprint density at radius 3 is 2.59 bits per heavy atom.